The lowest BCUT2D eigenvalue weighted by atomic mass is 9.97. The Morgan fingerprint density at radius 2 is 1.68 bits per heavy atom. The van der Waals surface area contributed by atoms with E-state index in [1.54, 1.807) is 0 Å². The SMILES string of the molecule is CCCc1ccc(C(Br)c2ccc(C)cc2C)cc1. The average molecular weight is 317 g/mol. The lowest BCUT2D eigenvalue weighted by molar-refractivity contribution is 0.920. The predicted octanol–water partition coefficient (Wildman–Crippen LogP) is 5.74. The van der Waals surface area contributed by atoms with Gasteiger partial charge in [-0.15, -0.1) is 0 Å². The minimum atomic E-state index is 0.281. The molecule has 19 heavy (non-hydrogen) atoms. The molecule has 0 nitrogen and oxygen atoms in total. The summed E-state index contributed by atoms with van der Waals surface area (Å²) in [5.74, 6) is 0. The van der Waals surface area contributed by atoms with Crippen molar-refractivity contribution < 1.29 is 0 Å². The topological polar surface area (TPSA) is 0 Å². The molecule has 1 atom stereocenters. The zero-order valence-corrected chi connectivity index (χ0v) is 13.5. The highest BCUT2D eigenvalue weighted by Crippen LogP contribution is 2.33. The molecule has 0 amide bonds. The van der Waals surface area contributed by atoms with Gasteiger partial charge in [-0.3, -0.25) is 0 Å². The molecule has 0 saturated heterocycles. The van der Waals surface area contributed by atoms with Crippen LogP contribution in [-0.2, 0) is 6.42 Å². The fourth-order valence-electron chi connectivity index (χ4n) is 2.43. The van der Waals surface area contributed by atoms with Crippen LogP contribution in [0.15, 0.2) is 42.5 Å². The summed E-state index contributed by atoms with van der Waals surface area (Å²) >= 11 is 3.83. The summed E-state index contributed by atoms with van der Waals surface area (Å²) in [5.41, 5.74) is 6.77. The fourth-order valence-corrected chi connectivity index (χ4v) is 3.25. The van der Waals surface area contributed by atoms with Crippen LogP contribution in [0.2, 0.25) is 0 Å². The molecule has 0 radical (unpaired) electrons. The van der Waals surface area contributed by atoms with Gasteiger partial charge in [-0.1, -0.05) is 77.3 Å². The van der Waals surface area contributed by atoms with Crippen molar-refractivity contribution >= 4 is 15.9 Å². The molecule has 0 spiro atoms. The lowest BCUT2D eigenvalue weighted by Crippen LogP contribution is -1.97. The number of rotatable bonds is 4. The molecule has 0 bridgehead atoms. The van der Waals surface area contributed by atoms with Gasteiger partial charge in [-0.2, -0.15) is 0 Å². The van der Waals surface area contributed by atoms with Crippen LogP contribution in [0.5, 0.6) is 0 Å². The Kier molecular flexibility index (Phi) is 4.81. The first-order valence-electron chi connectivity index (χ1n) is 6.92. The summed E-state index contributed by atoms with van der Waals surface area (Å²) in [6, 6.07) is 15.6. The number of alkyl halides is 1. The van der Waals surface area contributed by atoms with E-state index in [1.165, 1.54) is 34.2 Å². The van der Waals surface area contributed by atoms with Gasteiger partial charge in [0.15, 0.2) is 0 Å². The second-order valence-electron chi connectivity index (χ2n) is 5.21. The van der Waals surface area contributed by atoms with Gasteiger partial charge in [0.2, 0.25) is 0 Å². The van der Waals surface area contributed by atoms with Gasteiger partial charge in [0.1, 0.15) is 0 Å². The molecule has 2 aromatic rings. The van der Waals surface area contributed by atoms with Crippen molar-refractivity contribution in [3.05, 3.63) is 70.3 Å². The zero-order valence-electron chi connectivity index (χ0n) is 11.9. The van der Waals surface area contributed by atoms with Gasteiger partial charge in [0.05, 0.1) is 4.83 Å². The first-order chi connectivity index (χ1) is 9.11. The standard InChI is InChI=1S/C18H21Br/c1-4-5-15-7-9-16(10-8-15)18(19)17-11-6-13(2)12-14(17)3/h6-12,18H,4-5H2,1-3H3. The minimum Gasteiger partial charge on any atom is -0.0786 e. The summed E-state index contributed by atoms with van der Waals surface area (Å²) in [6.45, 7) is 6.54. The largest absolute Gasteiger partial charge is 0.0786 e. The molecular formula is C18H21Br. The van der Waals surface area contributed by atoms with Crippen LogP contribution in [0.1, 0.15) is 46.0 Å². The normalized spacial score (nSPS) is 12.4. The van der Waals surface area contributed by atoms with Crippen LogP contribution in [0.25, 0.3) is 0 Å². The van der Waals surface area contributed by atoms with E-state index in [0.717, 1.165) is 6.42 Å². The first-order valence-corrected chi connectivity index (χ1v) is 7.83. The van der Waals surface area contributed by atoms with E-state index in [9.17, 15) is 0 Å². The molecule has 0 aromatic heterocycles. The number of benzene rings is 2. The summed E-state index contributed by atoms with van der Waals surface area (Å²) in [5, 5.41) is 0. The highest BCUT2D eigenvalue weighted by atomic mass is 79.9. The van der Waals surface area contributed by atoms with Crippen LogP contribution in [0, 0.1) is 13.8 Å². The summed E-state index contributed by atoms with van der Waals surface area (Å²) in [4.78, 5) is 0.281. The Morgan fingerprint density at radius 3 is 2.26 bits per heavy atom. The van der Waals surface area contributed by atoms with E-state index in [4.69, 9.17) is 0 Å². The van der Waals surface area contributed by atoms with Crippen molar-refractivity contribution in [2.24, 2.45) is 0 Å². The van der Waals surface area contributed by atoms with E-state index in [2.05, 4.69) is 79.2 Å². The van der Waals surface area contributed by atoms with Gasteiger partial charge in [-0.25, -0.2) is 0 Å². The minimum absolute atomic E-state index is 0.281. The second kappa shape index (κ2) is 6.38. The maximum Gasteiger partial charge on any atom is 0.0647 e. The third-order valence-electron chi connectivity index (χ3n) is 3.51. The Hall–Kier alpha value is -1.08. The van der Waals surface area contributed by atoms with Gasteiger partial charge in [-0.05, 0) is 42.5 Å². The first kappa shape index (κ1) is 14.3. The van der Waals surface area contributed by atoms with Crippen LogP contribution < -0.4 is 0 Å². The highest BCUT2D eigenvalue weighted by Gasteiger charge is 2.12. The summed E-state index contributed by atoms with van der Waals surface area (Å²) < 4.78 is 0. The quantitative estimate of drug-likeness (QED) is 0.631. The monoisotopic (exact) mass is 316 g/mol. The Labute approximate surface area is 125 Å². The van der Waals surface area contributed by atoms with Gasteiger partial charge in [0, 0.05) is 0 Å². The zero-order chi connectivity index (χ0) is 13.8. The van der Waals surface area contributed by atoms with E-state index in [-0.39, 0.29) is 4.83 Å². The van der Waals surface area contributed by atoms with E-state index < -0.39 is 0 Å². The fraction of sp³-hybridized carbons (Fsp3) is 0.333. The van der Waals surface area contributed by atoms with Crippen LogP contribution in [0.3, 0.4) is 0 Å². The molecular weight excluding hydrogens is 296 g/mol. The molecule has 0 N–H and O–H groups in total. The second-order valence-corrected chi connectivity index (χ2v) is 6.13. The Bertz CT molecular complexity index is 540. The van der Waals surface area contributed by atoms with Crippen LogP contribution >= 0.6 is 15.9 Å². The maximum atomic E-state index is 3.83. The van der Waals surface area contributed by atoms with Crippen LogP contribution in [-0.4, -0.2) is 0 Å². The Balaban J connectivity index is 2.25. The van der Waals surface area contributed by atoms with Gasteiger partial charge >= 0.3 is 0 Å². The molecule has 0 aliphatic carbocycles. The molecule has 100 valence electrons. The van der Waals surface area contributed by atoms with E-state index in [0.29, 0.717) is 0 Å². The third-order valence-corrected chi connectivity index (χ3v) is 4.53. The van der Waals surface area contributed by atoms with Crippen molar-refractivity contribution in [1.82, 2.24) is 0 Å². The van der Waals surface area contributed by atoms with E-state index >= 15 is 0 Å². The molecule has 0 saturated carbocycles. The third kappa shape index (κ3) is 3.48. The smallest absolute Gasteiger partial charge is 0.0647 e. The highest BCUT2D eigenvalue weighted by molar-refractivity contribution is 9.09. The number of aryl methyl sites for hydroxylation is 3. The van der Waals surface area contributed by atoms with Crippen molar-refractivity contribution in [3.63, 3.8) is 0 Å². The Morgan fingerprint density at radius 1 is 1.00 bits per heavy atom. The van der Waals surface area contributed by atoms with E-state index in [1.807, 2.05) is 0 Å². The molecule has 1 unspecified atom stereocenters. The van der Waals surface area contributed by atoms with Gasteiger partial charge in [0.25, 0.3) is 0 Å². The maximum absolute atomic E-state index is 3.83. The van der Waals surface area contributed by atoms with Gasteiger partial charge < -0.3 is 0 Å². The molecule has 0 aliphatic rings. The molecule has 2 aromatic carbocycles. The van der Waals surface area contributed by atoms with Crippen molar-refractivity contribution in [3.8, 4) is 0 Å². The summed E-state index contributed by atoms with van der Waals surface area (Å²) in [6.07, 6.45) is 2.37. The average Bonchev–Trinajstić information content (AvgIpc) is 2.39. The predicted molar refractivity (Wildman–Crippen MR) is 87.1 cm³/mol. The summed E-state index contributed by atoms with van der Waals surface area (Å²) in [7, 11) is 0. The molecule has 0 heterocycles. The molecule has 2 rings (SSSR count). The lowest BCUT2D eigenvalue weighted by Gasteiger charge is -2.14. The van der Waals surface area contributed by atoms with Crippen LogP contribution in [0.4, 0.5) is 0 Å². The number of hydrogen-bond acceptors (Lipinski definition) is 0. The molecule has 0 aliphatic heterocycles. The molecule has 1 heteroatoms. The molecule has 0 fully saturated rings. The van der Waals surface area contributed by atoms with Crippen molar-refractivity contribution in [2.75, 3.05) is 0 Å². The number of hydrogen-bond donors (Lipinski definition) is 0. The number of halogens is 1. The van der Waals surface area contributed by atoms with Crippen molar-refractivity contribution in [1.29, 1.82) is 0 Å². The van der Waals surface area contributed by atoms with Crippen molar-refractivity contribution in [2.45, 2.75) is 38.4 Å².